The SMILES string of the molecule is C/C=C(/c1ccccc1F)c1c(C)ncnc1Cl. The molecule has 0 aliphatic heterocycles. The summed E-state index contributed by atoms with van der Waals surface area (Å²) in [5.41, 5.74) is 2.61. The van der Waals surface area contributed by atoms with Crippen LogP contribution in [-0.2, 0) is 0 Å². The third kappa shape index (κ3) is 2.27. The van der Waals surface area contributed by atoms with E-state index in [4.69, 9.17) is 11.6 Å². The van der Waals surface area contributed by atoms with E-state index in [1.165, 1.54) is 12.4 Å². The number of aryl methyl sites for hydroxylation is 1. The molecule has 0 N–H and O–H groups in total. The lowest BCUT2D eigenvalue weighted by Gasteiger charge is -2.12. The molecular formula is C14H12ClFN2. The van der Waals surface area contributed by atoms with Crippen LogP contribution >= 0.6 is 11.6 Å². The van der Waals surface area contributed by atoms with Crippen LogP contribution in [0.3, 0.4) is 0 Å². The Hall–Kier alpha value is -1.74. The summed E-state index contributed by atoms with van der Waals surface area (Å²) in [6.07, 6.45) is 3.21. The predicted octanol–water partition coefficient (Wildman–Crippen LogP) is 4.03. The highest BCUT2D eigenvalue weighted by atomic mass is 35.5. The second-order valence-corrected chi connectivity index (χ2v) is 4.17. The van der Waals surface area contributed by atoms with E-state index in [9.17, 15) is 4.39 Å². The molecule has 92 valence electrons. The quantitative estimate of drug-likeness (QED) is 0.764. The monoisotopic (exact) mass is 262 g/mol. The molecule has 18 heavy (non-hydrogen) atoms. The average molecular weight is 263 g/mol. The number of hydrogen-bond donors (Lipinski definition) is 0. The summed E-state index contributed by atoms with van der Waals surface area (Å²) < 4.78 is 13.9. The molecule has 0 spiro atoms. The van der Waals surface area contributed by atoms with E-state index in [0.717, 1.165) is 5.69 Å². The van der Waals surface area contributed by atoms with Crippen LogP contribution in [0.4, 0.5) is 4.39 Å². The minimum Gasteiger partial charge on any atom is -0.241 e. The van der Waals surface area contributed by atoms with E-state index in [1.807, 2.05) is 19.9 Å². The second-order valence-electron chi connectivity index (χ2n) is 3.81. The molecule has 1 aromatic heterocycles. The van der Waals surface area contributed by atoms with Crippen molar-refractivity contribution in [3.05, 3.63) is 64.5 Å². The van der Waals surface area contributed by atoms with Crippen molar-refractivity contribution >= 4 is 17.2 Å². The zero-order valence-corrected chi connectivity index (χ0v) is 10.9. The molecule has 0 radical (unpaired) electrons. The van der Waals surface area contributed by atoms with Crippen molar-refractivity contribution in [3.63, 3.8) is 0 Å². The number of rotatable bonds is 2. The maximum absolute atomic E-state index is 13.9. The van der Waals surface area contributed by atoms with Crippen molar-refractivity contribution in [1.29, 1.82) is 0 Å². The first-order valence-electron chi connectivity index (χ1n) is 5.53. The molecule has 0 fully saturated rings. The maximum atomic E-state index is 13.9. The molecule has 0 atom stereocenters. The van der Waals surface area contributed by atoms with Crippen molar-refractivity contribution in [1.82, 2.24) is 9.97 Å². The van der Waals surface area contributed by atoms with E-state index in [2.05, 4.69) is 9.97 Å². The van der Waals surface area contributed by atoms with Gasteiger partial charge in [0.1, 0.15) is 17.3 Å². The Kier molecular flexibility index (Phi) is 3.72. The molecule has 4 heteroatoms. The van der Waals surface area contributed by atoms with Gasteiger partial charge in [-0.15, -0.1) is 0 Å². The summed E-state index contributed by atoms with van der Waals surface area (Å²) in [5.74, 6) is -0.287. The molecule has 0 amide bonds. The van der Waals surface area contributed by atoms with Gasteiger partial charge in [-0.2, -0.15) is 0 Å². The van der Waals surface area contributed by atoms with Gasteiger partial charge in [-0.1, -0.05) is 35.9 Å². The highest BCUT2D eigenvalue weighted by molar-refractivity contribution is 6.31. The lowest BCUT2D eigenvalue weighted by atomic mass is 9.97. The van der Waals surface area contributed by atoms with Gasteiger partial charge >= 0.3 is 0 Å². The summed E-state index contributed by atoms with van der Waals surface area (Å²) in [7, 11) is 0. The van der Waals surface area contributed by atoms with E-state index in [0.29, 0.717) is 21.9 Å². The fourth-order valence-corrected chi connectivity index (χ4v) is 2.15. The molecule has 2 rings (SSSR count). The Morgan fingerprint density at radius 3 is 2.61 bits per heavy atom. The molecule has 0 aliphatic carbocycles. The predicted molar refractivity (Wildman–Crippen MR) is 70.9 cm³/mol. The average Bonchev–Trinajstić information content (AvgIpc) is 2.35. The van der Waals surface area contributed by atoms with Crippen molar-refractivity contribution in [2.45, 2.75) is 13.8 Å². The highest BCUT2D eigenvalue weighted by Gasteiger charge is 2.15. The Morgan fingerprint density at radius 1 is 1.28 bits per heavy atom. The van der Waals surface area contributed by atoms with Crippen LogP contribution in [-0.4, -0.2) is 9.97 Å². The summed E-state index contributed by atoms with van der Waals surface area (Å²) in [6, 6.07) is 6.58. The van der Waals surface area contributed by atoms with Crippen LogP contribution in [0.5, 0.6) is 0 Å². The lowest BCUT2D eigenvalue weighted by molar-refractivity contribution is 0.624. The minimum atomic E-state index is -0.287. The highest BCUT2D eigenvalue weighted by Crippen LogP contribution is 2.30. The molecule has 0 bridgehead atoms. The first-order valence-corrected chi connectivity index (χ1v) is 5.91. The van der Waals surface area contributed by atoms with E-state index < -0.39 is 0 Å². The van der Waals surface area contributed by atoms with Crippen molar-refractivity contribution in [2.24, 2.45) is 0 Å². The first kappa shape index (κ1) is 12.7. The molecule has 0 saturated heterocycles. The van der Waals surface area contributed by atoms with Gasteiger partial charge in [0.05, 0.1) is 5.69 Å². The fraction of sp³-hybridized carbons (Fsp3) is 0.143. The number of halogens is 2. The standard InChI is InChI=1S/C14H12ClFN2/c1-3-10(11-6-4-5-7-12(11)16)13-9(2)17-8-18-14(13)15/h3-8H,1-2H3/b10-3-. The molecule has 1 aromatic carbocycles. The third-order valence-electron chi connectivity index (χ3n) is 2.71. The third-order valence-corrected chi connectivity index (χ3v) is 3.00. The van der Waals surface area contributed by atoms with Gasteiger partial charge in [0.15, 0.2) is 0 Å². The van der Waals surface area contributed by atoms with Crippen LogP contribution < -0.4 is 0 Å². The number of allylic oxidation sites excluding steroid dienone is 1. The first-order chi connectivity index (χ1) is 8.65. The number of aromatic nitrogens is 2. The van der Waals surface area contributed by atoms with Gasteiger partial charge in [-0.05, 0) is 25.5 Å². The molecule has 2 aromatic rings. The van der Waals surface area contributed by atoms with Crippen LogP contribution in [0, 0.1) is 12.7 Å². The number of hydrogen-bond acceptors (Lipinski definition) is 2. The van der Waals surface area contributed by atoms with Gasteiger partial charge in [-0.3, -0.25) is 0 Å². The van der Waals surface area contributed by atoms with E-state index >= 15 is 0 Å². The normalized spacial score (nSPS) is 11.7. The summed E-state index contributed by atoms with van der Waals surface area (Å²) >= 11 is 6.09. The zero-order valence-electron chi connectivity index (χ0n) is 10.1. The summed E-state index contributed by atoms with van der Waals surface area (Å²) in [4.78, 5) is 8.06. The van der Waals surface area contributed by atoms with Crippen LogP contribution in [0.1, 0.15) is 23.7 Å². The maximum Gasteiger partial charge on any atom is 0.140 e. The van der Waals surface area contributed by atoms with Gasteiger partial charge in [0, 0.05) is 11.1 Å². The van der Waals surface area contributed by atoms with Gasteiger partial charge in [-0.25, -0.2) is 14.4 Å². The van der Waals surface area contributed by atoms with Crippen LogP contribution in [0.15, 0.2) is 36.7 Å². The number of nitrogens with zero attached hydrogens (tertiary/aromatic N) is 2. The van der Waals surface area contributed by atoms with Gasteiger partial charge in [0.2, 0.25) is 0 Å². The molecule has 0 unspecified atom stereocenters. The smallest absolute Gasteiger partial charge is 0.140 e. The van der Waals surface area contributed by atoms with Crippen molar-refractivity contribution in [3.8, 4) is 0 Å². The largest absolute Gasteiger partial charge is 0.241 e. The topological polar surface area (TPSA) is 25.8 Å². The summed E-state index contributed by atoms with van der Waals surface area (Å²) in [5, 5.41) is 0.332. The van der Waals surface area contributed by atoms with Crippen molar-refractivity contribution < 1.29 is 4.39 Å². The molecule has 0 saturated carbocycles. The fourth-order valence-electron chi connectivity index (χ4n) is 1.86. The zero-order chi connectivity index (χ0) is 13.1. The Labute approximate surface area is 110 Å². The molecule has 2 nitrogen and oxygen atoms in total. The van der Waals surface area contributed by atoms with Crippen molar-refractivity contribution in [2.75, 3.05) is 0 Å². The molecule has 0 aliphatic rings. The van der Waals surface area contributed by atoms with Gasteiger partial charge in [0.25, 0.3) is 0 Å². The second kappa shape index (κ2) is 5.27. The minimum absolute atomic E-state index is 0.287. The number of benzene rings is 1. The van der Waals surface area contributed by atoms with Crippen LogP contribution in [0.25, 0.3) is 5.57 Å². The lowest BCUT2D eigenvalue weighted by Crippen LogP contribution is -1.99. The van der Waals surface area contributed by atoms with Gasteiger partial charge < -0.3 is 0 Å². The Balaban J connectivity index is 2.65. The summed E-state index contributed by atoms with van der Waals surface area (Å²) in [6.45, 7) is 3.66. The Bertz CT molecular complexity index is 588. The molecular weight excluding hydrogens is 251 g/mol. The molecule has 1 heterocycles. The van der Waals surface area contributed by atoms with Crippen LogP contribution in [0.2, 0.25) is 5.15 Å². The van der Waals surface area contributed by atoms with E-state index in [-0.39, 0.29) is 5.82 Å². The van der Waals surface area contributed by atoms with E-state index in [1.54, 1.807) is 18.2 Å². The Morgan fingerprint density at radius 2 is 2.00 bits per heavy atom.